The van der Waals surface area contributed by atoms with Gasteiger partial charge in [0.15, 0.2) is 11.5 Å². The Labute approximate surface area is 157 Å². The number of carbonyl (C=O) groups is 1. The number of hydrogen-bond donors (Lipinski definition) is 1. The summed E-state index contributed by atoms with van der Waals surface area (Å²) in [6.07, 6.45) is 2.51. The first kappa shape index (κ1) is 18.6. The van der Waals surface area contributed by atoms with Crippen LogP contribution in [0.25, 0.3) is 6.08 Å². The normalized spacial score (nSPS) is 10.8. The van der Waals surface area contributed by atoms with Crippen molar-refractivity contribution in [2.75, 3.05) is 7.11 Å². The first-order valence-electron chi connectivity index (χ1n) is 6.76. The summed E-state index contributed by atoms with van der Waals surface area (Å²) in [6, 6.07) is 8.63. The van der Waals surface area contributed by atoms with Crippen LogP contribution in [0.3, 0.4) is 0 Å². The Hall–Kier alpha value is -1.69. The molecule has 0 atom stereocenters. The van der Waals surface area contributed by atoms with Crippen LogP contribution in [0.1, 0.15) is 11.1 Å². The molecular formula is C17H13BrCl2O4. The maximum atomic E-state index is 10.6. The van der Waals surface area contributed by atoms with Crippen molar-refractivity contribution in [1.82, 2.24) is 0 Å². The SMILES string of the molecule is COc1cc(/C=C/C(=O)O)cc(Br)c1OCc1c(Cl)cccc1Cl. The van der Waals surface area contributed by atoms with Crippen LogP contribution in [0.5, 0.6) is 11.5 Å². The summed E-state index contributed by atoms with van der Waals surface area (Å²) in [5.41, 5.74) is 1.33. The Morgan fingerprint density at radius 3 is 2.54 bits per heavy atom. The third kappa shape index (κ3) is 4.66. The van der Waals surface area contributed by atoms with Gasteiger partial charge < -0.3 is 14.6 Å². The summed E-state index contributed by atoms with van der Waals surface area (Å²) < 4.78 is 11.7. The highest BCUT2D eigenvalue weighted by Crippen LogP contribution is 2.38. The monoisotopic (exact) mass is 430 g/mol. The Morgan fingerprint density at radius 2 is 1.96 bits per heavy atom. The number of ether oxygens (including phenoxy) is 2. The average molecular weight is 432 g/mol. The van der Waals surface area contributed by atoms with Gasteiger partial charge in [-0.25, -0.2) is 4.79 Å². The minimum Gasteiger partial charge on any atom is -0.493 e. The lowest BCUT2D eigenvalue weighted by Gasteiger charge is -2.15. The van der Waals surface area contributed by atoms with Gasteiger partial charge in [-0.1, -0.05) is 29.3 Å². The zero-order valence-electron chi connectivity index (χ0n) is 12.6. The minimum absolute atomic E-state index is 0.164. The standard InChI is InChI=1S/C17H13BrCl2O4/c1-23-15-8-10(5-6-16(21)22)7-12(18)17(15)24-9-11-13(19)3-2-4-14(11)20/h2-8H,9H2,1H3,(H,21,22)/b6-5+. The van der Waals surface area contributed by atoms with Crippen molar-refractivity contribution >= 4 is 51.2 Å². The summed E-state index contributed by atoms with van der Waals surface area (Å²) in [5.74, 6) is -0.0997. The van der Waals surface area contributed by atoms with Crippen molar-refractivity contribution in [3.63, 3.8) is 0 Å². The minimum atomic E-state index is -1.03. The fourth-order valence-electron chi connectivity index (χ4n) is 1.96. The third-order valence-electron chi connectivity index (χ3n) is 3.09. The highest BCUT2D eigenvalue weighted by atomic mass is 79.9. The quantitative estimate of drug-likeness (QED) is 0.618. The van der Waals surface area contributed by atoms with Crippen molar-refractivity contribution in [2.45, 2.75) is 6.61 Å². The molecule has 0 spiro atoms. The number of carboxylic acid groups (broad SMARTS) is 1. The molecule has 0 aliphatic heterocycles. The topological polar surface area (TPSA) is 55.8 Å². The summed E-state index contributed by atoms with van der Waals surface area (Å²) in [7, 11) is 1.50. The van der Waals surface area contributed by atoms with E-state index in [1.807, 2.05) is 0 Å². The molecule has 0 fully saturated rings. The summed E-state index contributed by atoms with van der Waals surface area (Å²) >= 11 is 15.7. The first-order chi connectivity index (χ1) is 11.4. The molecule has 0 aromatic heterocycles. The van der Waals surface area contributed by atoms with Crippen molar-refractivity contribution in [3.05, 3.63) is 62.1 Å². The highest BCUT2D eigenvalue weighted by Gasteiger charge is 2.13. The van der Waals surface area contributed by atoms with Crippen LogP contribution in [-0.2, 0) is 11.4 Å². The number of halogens is 3. The van der Waals surface area contributed by atoms with Gasteiger partial charge in [0.2, 0.25) is 0 Å². The zero-order chi connectivity index (χ0) is 17.7. The molecule has 0 saturated carbocycles. The fourth-order valence-corrected chi connectivity index (χ4v) is 3.04. The van der Waals surface area contributed by atoms with Crippen LogP contribution in [0.4, 0.5) is 0 Å². The molecule has 0 unspecified atom stereocenters. The van der Waals surface area contributed by atoms with E-state index < -0.39 is 5.97 Å². The van der Waals surface area contributed by atoms with E-state index in [-0.39, 0.29) is 6.61 Å². The van der Waals surface area contributed by atoms with Crippen LogP contribution in [0.2, 0.25) is 10.0 Å². The van der Waals surface area contributed by atoms with Crippen LogP contribution >= 0.6 is 39.1 Å². The smallest absolute Gasteiger partial charge is 0.328 e. The molecule has 2 aromatic rings. The average Bonchev–Trinajstić information content (AvgIpc) is 2.53. The molecule has 4 nitrogen and oxygen atoms in total. The van der Waals surface area contributed by atoms with E-state index in [2.05, 4.69) is 15.9 Å². The van der Waals surface area contributed by atoms with Crippen molar-refractivity contribution in [3.8, 4) is 11.5 Å². The fraction of sp³-hybridized carbons (Fsp3) is 0.118. The maximum Gasteiger partial charge on any atom is 0.328 e. The van der Waals surface area contributed by atoms with E-state index in [1.165, 1.54) is 13.2 Å². The Kier molecular flexibility index (Phi) is 6.54. The van der Waals surface area contributed by atoms with Crippen molar-refractivity contribution in [2.24, 2.45) is 0 Å². The molecule has 0 amide bonds. The number of hydrogen-bond acceptors (Lipinski definition) is 3. The van der Waals surface area contributed by atoms with Crippen molar-refractivity contribution < 1.29 is 19.4 Å². The predicted octanol–water partition coefficient (Wildman–Crippen LogP) is 5.44. The number of aliphatic carboxylic acids is 1. The molecular weight excluding hydrogens is 419 g/mol. The number of carboxylic acids is 1. The van der Waals surface area contributed by atoms with E-state index in [4.69, 9.17) is 37.8 Å². The second kappa shape index (κ2) is 8.42. The van der Waals surface area contributed by atoms with Gasteiger partial charge in [0.05, 0.1) is 11.6 Å². The molecule has 0 saturated heterocycles. The van der Waals surface area contributed by atoms with Gasteiger partial charge in [0.1, 0.15) is 6.61 Å². The lowest BCUT2D eigenvalue weighted by atomic mass is 10.2. The largest absolute Gasteiger partial charge is 0.493 e. The Bertz CT molecular complexity index is 770. The molecule has 2 aromatic carbocycles. The predicted molar refractivity (Wildman–Crippen MR) is 98.2 cm³/mol. The van der Waals surface area contributed by atoms with Crippen LogP contribution in [0.15, 0.2) is 40.9 Å². The lowest BCUT2D eigenvalue weighted by Crippen LogP contribution is -2.00. The molecule has 1 N–H and O–H groups in total. The molecule has 0 heterocycles. The van der Waals surface area contributed by atoms with Gasteiger partial charge in [-0.05, 0) is 51.8 Å². The van der Waals surface area contributed by atoms with Crippen LogP contribution in [0, 0.1) is 0 Å². The van der Waals surface area contributed by atoms with Crippen molar-refractivity contribution in [1.29, 1.82) is 0 Å². The highest BCUT2D eigenvalue weighted by molar-refractivity contribution is 9.10. The second-order valence-electron chi connectivity index (χ2n) is 4.69. The summed E-state index contributed by atoms with van der Waals surface area (Å²) in [5, 5.41) is 9.73. The van der Waals surface area contributed by atoms with Gasteiger partial charge in [0.25, 0.3) is 0 Å². The molecule has 0 radical (unpaired) electrons. The van der Waals surface area contributed by atoms with Gasteiger partial charge in [-0.15, -0.1) is 0 Å². The molecule has 126 valence electrons. The van der Waals surface area contributed by atoms with E-state index in [1.54, 1.807) is 30.3 Å². The number of rotatable bonds is 6. The van der Waals surface area contributed by atoms with Crippen LogP contribution < -0.4 is 9.47 Å². The Morgan fingerprint density at radius 1 is 1.29 bits per heavy atom. The van der Waals surface area contributed by atoms with Crippen LogP contribution in [-0.4, -0.2) is 18.2 Å². The first-order valence-corrected chi connectivity index (χ1v) is 8.31. The third-order valence-corrected chi connectivity index (χ3v) is 4.39. The molecule has 0 aliphatic carbocycles. The molecule has 0 aliphatic rings. The second-order valence-corrected chi connectivity index (χ2v) is 6.36. The van der Waals surface area contributed by atoms with Gasteiger partial charge >= 0.3 is 5.97 Å². The zero-order valence-corrected chi connectivity index (χ0v) is 15.7. The molecule has 24 heavy (non-hydrogen) atoms. The van der Waals surface area contributed by atoms with Gasteiger partial charge in [-0.2, -0.15) is 0 Å². The van der Waals surface area contributed by atoms with E-state index in [0.717, 1.165) is 6.08 Å². The lowest BCUT2D eigenvalue weighted by molar-refractivity contribution is -0.131. The number of methoxy groups -OCH3 is 1. The molecule has 0 bridgehead atoms. The van der Waals surface area contributed by atoms with Gasteiger partial charge in [-0.3, -0.25) is 0 Å². The van der Waals surface area contributed by atoms with Gasteiger partial charge in [0, 0.05) is 21.7 Å². The molecule has 2 rings (SSSR count). The van der Waals surface area contributed by atoms with E-state index in [0.29, 0.717) is 37.1 Å². The van der Waals surface area contributed by atoms with E-state index in [9.17, 15) is 4.79 Å². The Balaban J connectivity index is 2.28. The number of benzene rings is 2. The molecule has 7 heteroatoms. The summed E-state index contributed by atoms with van der Waals surface area (Å²) in [6.45, 7) is 0.164. The maximum absolute atomic E-state index is 10.6. The summed E-state index contributed by atoms with van der Waals surface area (Å²) in [4.78, 5) is 10.6. The van der Waals surface area contributed by atoms with E-state index >= 15 is 0 Å².